The fourth-order valence-corrected chi connectivity index (χ4v) is 4.33. The fourth-order valence-electron chi connectivity index (χ4n) is 4.33. The second-order valence-electron chi connectivity index (χ2n) is 7.70. The number of likely N-dealkylation sites (tertiary alicyclic amines) is 1. The first-order valence-corrected chi connectivity index (χ1v) is 9.69. The summed E-state index contributed by atoms with van der Waals surface area (Å²) in [6, 6.07) is 7.79. The number of hydrogen-bond donors (Lipinski definition) is 1. The summed E-state index contributed by atoms with van der Waals surface area (Å²) in [5.41, 5.74) is -1.05. The van der Waals surface area contributed by atoms with E-state index < -0.39 is 48.0 Å². The topological polar surface area (TPSA) is 40.5 Å². The van der Waals surface area contributed by atoms with Crippen molar-refractivity contribution >= 4 is 5.97 Å². The molecule has 0 radical (unpaired) electrons. The van der Waals surface area contributed by atoms with E-state index in [-0.39, 0.29) is 24.8 Å². The van der Waals surface area contributed by atoms with Crippen LogP contribution in [-0.4, -0.2) is 35.2 Å². The minimum absolute atomic E-state index is 0.108. The van der Waals surface area contributed by atoms with Gasteiger partial charge >= 0.3 is 18.3 Å². The Bertz CT molecular complexity index is 939. The predicted octanol–water partition coefficient (Wildman–Crippen LogP) is 6.09. The van der Waals surface area contributed by atoms with Crippen molar-refractivity contribution in [2.24, 2.45) is 0 Å². The van der Waals surface area contributed by atoms with Gasteiger partial charge in [0.1, 0.15) is 6.04 Å². The molecule has 0 saturated carbocycles. The first-order chi connectivity index (χ1) is 14.4. The number of aliphatic carboxylic acids is 1. The third kappa shape index (κ3) is 5.03. The molecule has 1 fully saturated rings. The lowest BCUT2D eigenvalue weighted by molar-refractivity contribution is -0.195. The number of rotatable bonds is 4. The van der Waals surface area contributed by atoms with Gasteiger partial charge in [0.2, 0.25) is 0 Å². The Morgan fingerprint density at radius 1 is 1.03 bits per heavy atom. The van der Waals surface area contributed by atoms with E-state index in [0.717, 1.165) is 4.90 Å². The van der Waals surface area contributed by atoms with E-state index in [1.165, 1.54) is 19.2 Å². The highest BCUT2D eigenvalue weighted by atomic mass is 19.4. The van der Waals surface area contributed by atoms with Gasteiger partial charge in [0.05, 0.1) is 12.0 Å². The van der Waals surface area contributed by atoms with Gasteiger partial charge in [-0.1, -0.05) is 30.3 Å². The Morgan fingerprint density at radius 2 is 1.68 bits per heavy atom. The number of carboxylic acids is 1. The van der Waals surface area contributed by atoms with E-state index in [9.17, 15) is 36.2 Å². The van der Waals surface area contributed by atoms with Crippen LogP contribution >= 0.6 is 0 Å². The lowest BCUT2D eigenvalue weighted by Crippen LogP contribution is -2.48. The van der Waals surface area contributed by atoms with Crippen LogP contribution in [0.2, 0.25) is 0 Å². The Hall–Kier alpha value is -2.55. The Morgan fingerprint density at radius 3 is 2.23 bits per heavy atom. The summed E-state index contributed by atoms with van der Waals surface area (Å²) in [5, 5.41) is 9.19. The fraction of sp³-hybridized carbons (Fsp3) is 0.409. The second kappa shape index (κ2) is 8.53. The zero-order valence-corrected chi connectivity index (χ0v) is 16.6. The van der Waals surface area contributed by atoms with Crippen molar-refractivity contribution in [3.63, 3.8) is 0 Å². The number of piperidine rings is 1. The molecule has 0 aromatic heterocycles. The second-order valence-corrected chi connectivity index (χ2v) is 7.70. The van der Waals surface area contributed by atoms with Crippen molar-refractivity contribution in [3.8, 4) is 11.1 Å². The lowest BCUT2D eigenvalue weighted by atomic mass is 9.84. The summed E-state index contributed by atoms with van der Waals surface area (Å²) < 4.78 is 82.6. The molecule has 9 heteroatoms. The Labute approximate surface area is 175 Å². The molecule has 1 heterocycles. The molecule has 0 amide bonds. The molecule has 1 N–H and O–H groups in total. The molecule has 2 unspecified atom stereocenters. The summed E-state index contributed by atoms with van der Waals surface area (Å²) in [4.78, 5) is 12.2. The SMILES string of the molecule is CN1C(c2cc(-c3ccccc3)cc(CC(=O)O)c2C(F)(F)F)CCCC1C(F)(F)F. The van der Waals surface area contributed by atoms with E-state index in [1.54, 1.807) is 30.3 Å². The molecule has 2 aromatic rings. The third-order valence-corrected chi connectivity index (χ3v) is 5.66. The van der Waals surface area contributed by atoms with Crippen LogP contribution in [0.15, 0.2) is 42.5 Å². The summed E-state index contributed by atoms with van der Waals surface area (Å²) in [5.74, 6) is -1.45. The monoisotopic (exact) mass is 445 g/mol. The number of carboxylic acid groups (broad SMARTS) is 1. The molecule has 2 atom stereocenters. The molecule has 3 nitrogen and oxygen atoms in total. The lowest BCUT2D eigenvalue weighted by Gasteiger charge is -2.41. The van der Waals surface area contributed by atoms with Gasteiger partial charge < -0.3 is 5.11 Å². The van der Waals surface area contributed by atoms with Gasteiger partial charge in [-0.15, -0.1) is 0 Å². The molecular weight excluding hydrogens is 424 g/mol. The predicted molar refractivity (Wildman–Crippen MR) is 102 cm³/mol. The molecule has 3 rings (SSSR count). The van der Waals surface area contributed by atoms with Crippen LogP contribution in [0, 0.1) is 0 Å². The van der Waals surface area contributed by atoms with Gasteiger partial charge in [-0.25, -0.2) is 0 Å². The van der Waals surface area contributed by atoms with Crippen molar-refractivity contribution in [1.29, 1.82) is 0 Å². The highest BCUT2D eigenvalue weighted by molar-refractivity contribution is 5.74. The minimum Gasteiger partial charge on any atom is -0.481 e. The van der Waals surface area contributed by atoms with Crippen molar-refractivity contribution < 1.29 is 36.2 Å². The van der Waals surface area contributed by atoms with Crippen LogP contribution in [0.3, 0.4) is 0 Å². The number of carbonyl (C=O) groups is 1. The van der Waals surface area contributed by atoms with Crippen molar-refractivity contribution in [2.75, 3.05) is 7.05 Å². The molecule has 168 valence electrons. The minimum atomic E-state index is -4.92. The smallest absolute Gasteiger partial charge is 0.417 e. The molecular formula is C22H21F6NO2. The summed E-state index contributed by atoms with van der Waals surface area (Å²) >= 11 is 0. The molecule has 1 aliphatic heterocycles. The number of halogens is 6. The van der Waals surface area contributed by atoms with Gasteiger partial charge in [-0.2, -0.15) is 26.3 Å². The van der Waals surface area contributed by atoms with Crippen LogP contribution < -0.4 is 0 Å². The molecule has 31 heavy (non-hydrogen) atoms. The molecule has 0 spiro atoms. The van der Waals surface area contributed by atoms with E-state index in [4.69, 9.17) is 0 Å². The van der Waals surface area contributed by atoms with E-state index in [0.29, 0.717) is 11.1 Å². The molecule has 0 bridgehead atoms. The maximum absolute atomic E-state index is 14.1. The normalized spacial score (nSPS) is 20.6. The zero-order valence-electron chi connectivity index (χ0n) is 16.6. The van der Waals surface area contributed by atoms with Crippen molar-refractivity contribution in [1.82, 2.24) is 4.90 Å². The number of hydrogen-bond acceptors (Lipinski definition) is 2. The zero-order chi connectivity index (χ0) is 23.0. The van der Waals surface area contributed by atoms with Crippen LogP contribution in [0.25, 0.3) is 11.1 Å². The first kappa shape index (κ1) is 23.1. The van der Waals surface area contributed by atoms with Gasteiger partial charge in [0.25, 0.3) is 0 Å². The van der Waals surface area contributed by atoms with Crippen molar-refractivity contribution in [2.45, 2.75) is 50.1 Å². The highest BCUT2D eigenvalue weighted by Gasteiger charge is 2.48. The number of benzene rings is 2. The molecule has 2 aromatic carbocycles. The summed E-state index contributed by atoms with van der Waals surface area (Å²) in [7, 11) is 1.17. The van der Waals surface area contributed by atoms with Crippen molar-refractivity contribution in [3.05, 3.63) is 59.2 Å². The summed E-state index contributed by atoms with van der Waals surface area (Å²) in [6.07, 6.45) is -10.4. The molecule has 1 aliphatic rings. The Balaban J connectivity index is 2.24. The van der Waals surface area contributed by atoms with Crippen LogP contribution in [-0.2, 0) is 17.4 Å². The van der Waals surface area contributed by atoms with Crippen LogP contribution in [0.1, 0.15) is 42.0 Å². The van der Waals surface area contributed by atoms with Gasteiger partial charge in [0.15, 0.2) is 0 Å². The maximum Gasteiger partial charge on any atom is 0.417 e. The van der Waals surface area contributed by atoms with Crippen LogP contribution in [0.4, 0.5) is 26.3 Å². The average molecular weight is 445 g/mol. The number of alkyl halides is 6. The first-order valence-electron chi connectivity index (χ1n) is 9.69. The van der Waals surface area contributed by atoms with E-state index in [2.05, 4.69) is 0 Å². The van der Waals surface area contributed by atoms with Crippen LogP contribution in [0.5, 0.6) is 0 Å². The van der Waals surface area contributed by atoms with E-state index >= 15 is 0 Å². The van der Waals surface area contributed by atoms with Gasteiger partial charge in [-0.3, -0.25) is 9.69 Å². The Kier molecular flexibility index (Phi) is 6.36. The summed E-state index contributed by atoms with van der Waals surface area (Å²) in [6.45, 7) is 0. The third-order valence-electron chi connectivity index (χ3n) is 5.66. The largest absolute Gasteiger partial charge is 0.481 e. The standard InChI is InChI=1S/C22H21F6NO2/c1-29-17(8-5-9-18(29)21(23,24)25)16-11-14(13-6-3-2-4-7-13)10-15(12-19(30)31)20(16)22(26,27)28/h2-4,6-7,10-11,17-18H,5,8-9,12H2,1H3,(H,30,31). The van der Waals surface area contributed by atoms with E-state index in [1.807, 2.05) is 0 Å². The molecule has 0 aliphatic carbocycles. The van der Waals surface area contributed by atoms with Gasteiger partial charge in [0, 0.05) is 6.04 Å². The maximum atomic E-state index is 14.1. The quantitative estimate of drug-likeness (QED) is 0.580. The highest BCUT2D eigenvalue weighted by Crippen LogP contribution is 2.46. The van der Waals surface area contributed by atoms with Gasteiger partial charge in [-0.05, 0) is 60.7 Å². The number of nitrogens with zero attached hydrogens (tertiary/aromatic N) is 1. The average Bonchev–Trinajstić information content (AvgIpc) is 2.66. The molecule has 1 saturated heterocycles.